The van der Waals surface area contributed by atoms with Crippen LogP contribution in [0.1, 0.15) is 12.8 Å². The number of fused-ring (bicyclic) bond motifs is 1. The molecule has 2 aromatic carbocycles. The number of nitrogens with one attached hydrogen (secondary N) is 2. The Bertz CT molecular complexity index is 816. The highest BCUT2D eigenvalue weighted by molar-refractivity contribution is 6.32. The Morgan fingerprint density at radius 1 is 1.26 bits per heavy atom. The number of halogens is 1. The molecule has 0 aliphatic heterocycles. The molecule has 0 saturated heterocycles. The van der Waals surface area contributed by atoms with E-state index in [2.05, 4.69) is 15.5 Å². The number of rotatable bonds is 6. The van der Waals surface area contributed by atoms with Crippen LogP contribution in [0.2, 0.25) is 5.02 Å². The van der Waals surface area contributed by atoms with Gasteiger partial charge in [-0.2, -0.15) is 5.10 Å². The third-order valence-corrected chi connectivity index (χ3v) is 3.68. The molecule has 2 N–H and O–H groups in total. The van der Waals surface area contributed by atoms with Crippen molar-refractivity contribution in [2.75, 3.05) is 11.9 Å². The average molecular weight is 330 g/mol. The number of ether oxygens (including phenoxy) is 1. The van der Waals surface area contributed by atoms with Crippen LogP contribution in [0.15, 0.2) is 48.7 Å². The minimum Gasteiger partial charge on any atom is -0.492 e. The van der Waals surface area contributed by atoms with Crippen molar-refractivity contribution in [3.8, 4) is 5.75 Å². The largest absolute Gasteiger partial charge is 0.492 e. The Morgan fingerprint density at radius 2 is 2.13 bits per heavy atom. The number of hydrogen-bond acceptors (Lipinski definition) is 3. The van der Waals surface area contributed by atoms with Gasteiger partial charge in [0, 0.05) is 17.5 Å². The predicted molar refractivity (Wildman–Crippen MR) is 90.9 cm³/mol. The molecule has 0 aliphatic rings. The fraction of sp³-hybridized carbons (Fsp3) is 0.176. The number of para-hydroxylation sites is 1. The second kappa shape index (κ2) is 7.15. The first-order valence-electron chi connectivity index (χ1n) is 7.33. The maximum Gasteiger partial charge on any atom is 0.224 e. The Morgan fingerprint density at radius 3 is 3.00 bits per heavy atom. The fourth-order valence-corrected chi connectivity index (χ4v) is 2.41. The van der Waals surface area contributed by atoms with Crippen molar-refractivity contribution in [3.63, 3.8) is 0 Å². The highest BCUT2D eigenvalue weighted by atomic mass is 35.5. The van der Waals surface area contributed by atoms with Gasteiger partial charge in [0.1, 0.15) is 5.75 Å². The van der Waals surface area contributed by atoms with Crippen molar-refractivity contribution in [1.29, 1.82) is 0 Å². The molecule has 0 radical (unpaired) electrons. The van der Waals surface area contributed by atoms with Gasteiger partial charge in [-0.25, -0.2) is 0 Å². The third-order valence-electron chi connectivity index (χ3n) is 3.37. The summed E-state index contributed by atoms with van der Waals surface area (Å²) >= 11 is 6.00. The molecule has 0 saturated carbocycles. The Balaban J connectivity index is 1.45. The van der Waals surface area contributed by atoms with Crippen molar-refractivity contribution in [2.24, 2.45) is 0 Å². The van der Waals surface area contributed by atoms with Crippen molar-refractivity contribution in [2.45, 2.75) is 12.8 Å². The van der Waals surface area contributed by atoms with Crippen LogP contribution in [0.25, 0.3) is 10.9 Å². The van der Waals surface area contributed by atoms with Gasteiger partial charge in [-0.05, 0) is 36.8 Å². The molecule has 3 rings (SSSR count). The van der Waals surface area contributed by atoms with Gasteiger partial charge >= 0.3 is 0 Å². The topological polar surface area (TPSA) is 67.0 Å². The second-order valence-corrected chi connectivity index (χ2v) is 5.51. The third kappa shape index (κ3) is 4.02. The molecule has 0 atom stereocenters. The molecule has 0 unspecified atom stereocenters. The van der Waals surface area contributed by atoms with Crippen molar-refractivity contribution < 1.29 is 9.53 Å². The van der Waals surface area contributed by atoms with E-state index in [0.29, 0.717) is 30.2 Å². The van der Waals surface area contributed by atoms with Gasteiger partial charge in [-0.1, -0.05) is 23.7 Å². The summed E-state index contributed by atoms with van der Waals surface area (Å²) in [6, 6.07) is 12.9. The Labute approximate surface area is 138 Å². The zero-order valence-electron chi connectivity index (χ0n) is 12.4. The first-order chi connectivity index (χ1) is 11.2. The van der Waals surface area contributed by atoms with Crippen LogP contribution in [-0.2, 0) is 4.79 Å². The number of benzene rings is 2. The molecule has 0 aliphatic carbocycles. The lowest BCUT2D eigenvalue weighted by atomic mass is 10.2. The monoisotopic (exact) mass is 329 g/mol. The van der Waals surface area contributed by atoms with E-state index in [-0.39, 0.29) is 5.91 Å². The summed E-state index contributed by atoms with van der Waals surface area (Å²) in [5, 5.41) is 11.3. The smallest absolute Gasteiger partial charge is 0.224 e. The summed E-state index contributed by atoms with van der Waals surface area (Å²) in [5.74, 6) is 0.589. The molecule has 23 heavy (non-hydrogen) atoms. The SMILES string of the molecule is O=C(CCCOc1ccccc1Cl)Nc1ccc2cn[nH]c2c1. The number of carbonyl (C=O) groups excluding carboxylic acids is 1. The number of anilines is 1. The van der Waals surface area contributed by atoms with Crippen LogP contribution in [0.3, 0.4) is 0 Å². The molecule has 118 valence electrons. The number of H-pyrrole nitrogens is 1. The molecule has 0 spiro atoms. The summed E-state index contributed by atoms with van der Waals surface area (Å²) in [5.41, 5.74) is 1.64. The van der Waals surface area contributed by atoms with Crippen molar-refractivity contribution in [3.05, 3.63) is 53.7 Å². The average Bonchev–Trinajstić information content (AvgIpc) is 3.01. The standard InChI is InChI=1S/C17H16ClN3O2/c18-14-4-1-2-5-16(14)23-9-3-6-17(22)20-13-8-7-12-11-19-21-15(12)10-13/h1-2,4-5,7-8,10-11H,3,6,9H2,(H,19,21)(H,20,22). The molecule has 6 heteroatoms. The Hall–Kier alpha value is -2.53. The molecule has 5 nitrogen and oxygen atoms in total. The van der Waals surface area contributed by atoms with Crippen LogP contribution in [0, 0.1) is 0 Å². The van der Waals surface area contributed by atoms with Crippen LogP contribution in [-0.4, -0.2) is 22.7 Å². The van der Waals surface area contributed by atoms with Gasteiger partial charge in [0.15, 0.2) is 0 Å². The van der Waals surface area contributed by atoms with Crippen LogP contribution >= 0.6 is 11.6 Å². The van der Waals surface area contributed by atoms with Gasteiger partial charge < -0.3 is 10.1 Å². The summed E-state index contributed by atoms with van der Waals surface area (Å²) in [4.78, 5) is 11.9. The quantitative estimate of drug-likeness (QED) is 0.671. The minimum atomic E-state index is -0.0494. The lowest BCUT2D eigenvalue weighted by Gasteiger charge is -2.08. The predicted octanol–water partition coefficient (Wildman–Crippen LogP) is 4.01. The summed E-state index contributed by atoms with van der Waals surface area (Å²) in [6.45, 7) is 0.441. The summed E-state index contributed by atoms with van der Waals surface area (Å²) in [6.07, 6.45) is 2.74. The molecular formula is C17H16ClN3O2. The number of nitrogens with zero attached hydrogens (tertiary/aromatic N) is 1. The second-order valence-electron chi connectivity index (χ2n) is 5.10. The van der Waals surface area contributed by atoms with E-state index in [1.54, 1.807) is 12.3 Å². The van der Waals surface area contributed by atoms with Crippen LogP contribution in [0.5, 0.6) is 5.75 Å². The zero-order chi connectivity index (χ0) is 16.1. The summed E-state index contributed by atoms with van der Waals surface area (Å²) < 4.78 is 5.56. The van der Waals surface area contributed by atoms with E-state index in [4.69, 9.17) is 16.3 Å². The minimum absolute atomic E-state index is 0.0494. The van der Waals surface area contributed by atoms with Gasteiger partial charge in [0.05, 0.1) is 23.3 Å². The molecule has 1 amide bonds. The number of hydrogen-bond donors (Lipinski definition) is 2. The Kier molecular flexibility index (Phi) is 4.78. The lowest BCUT2D eigenvalue weighted by molar-refractivity contribution is -0.116. The van der Waals surface area contributed by atoms with E-state index in [1.165, 1.54) is 0 Å². The number of aromatic amines is 1. The number of amides is 1. The normalized spacial score (nSPS) is 10.7. The first kappa shape index (κ1) is 15.4. The van der Waals surface area contributed by atoms with E-state index < -0.39 is 0 Å². The van der Waals surface area contributed by atoms with Crippen molar-refractivity contribution >= 4 is 34.1 Å². The van der Waals surface area contributed by atoms with Crippen LogP contribution in [0.4, 0.5) is 5.69 Å². The molecule has 1 aromatic heterocycles. The first-order valence-corrected chi connectivity index (χ1v) is 7.70. The van der Waals surface area contributed by atoms with Gasteiger partial charge in [0.25, 0.3) is 0 Å². The van der Waals surface area contributed by atoms with Crippen molar-refractivity contribution in [1.82, 2.24) is 10.2 Å². The molecule has 0 bridgehead atoms. The highest BCUT2D eigenvalue weighted by Crippen LogP contribution is 2.23. The van der Waals surface area contributed by atoms with E-state index in [0.717, 1.165) is 16.6 Å². The summed E-state index contributed by atoms with van der Waals surface area (Å²) in [7, 11) is 0. The highest BCUT2D eigenvalue weighted by Gasteiger charge is 2.05. The maximum absolute atomic E-state index is 11.9. The van der Waals surface area contributed by atoms with Crippen LogP contribution < -0.4 is 10.1 Å². The lowest BCUT2D eigenvalue weighted by Crippen LogP contribution is -2.12. The fourth-order valence-electron chi connectivity index (χ4n) is 2.21. The number of carbonyl (C=O) groups is 1. The molecule has 1 heterocycles. The van der Waals surface area contributed by atoms with E-state index in [9.17, 15) is 4.79 Å². The van der Waals surface area contributed by atoms with Gasteiger partial charge in [-0.3, -0.25) is 9.89 Å². The van der Waals surface area contributed by atoms with Gasteiger partial charge in [-0.15, -0.1) is 0 Å². The molecule has 3 aromatic rings. The maximum atomic E-state index is 11.9. The van der Waals surface area contributed by atoms with Gasteiger partial charge in [0.2, 0.25) is 5.91 Å². The molecular weight excluding hydrogens is 314 g/mol. The van der Waals surface area contributed by atoms with E-state index in [1.807, 2.05) is 36.4 Å². The zero-order valence-corrected chi connectivity index (χ0v) is 13.1. The molecule has 0 fully saturated rings. The van der Waals surface area contributed by atoms with E-state index >= 15 is 0 Å². The number of aromatic nitrogens is 2.